The SMILES string of the molecule is CCOc1c(C)cc([C@@H]2CC(c3ccc(N4CCCC4=O)cc3)N(CC(=O)Nc3c(CC)cc(C)cc3CC)C2)cc1OC. The van der Waals surface area contributed by atoms with Crippen LogP contribution in [0.3, 0.4) is 0 Å². The molecule has 7 heteroatoms. The van der Waals surface area contributed by atoms with Crippen LogP contribution in [0.15, 0.2) is 48.5 Å². The lowest BCUT2D eigenvalue weighted by Gasteiger charge is -2.25. The maximum atomic E-state index is 13.7. The van der Waals surface area contributed by atoms with Crippen molar-refractivity contribution >= 4 is 23.2 Å². The fraction of sp³-hybridized carbons (Fsp3) is 0.459. The lowest BCUT2D eigenvalue weighted by atomic mass is 9.92. The van der Waals surface area contributed by atoms with Crippen LogP contribution in [0.25, 0.3) is 0 Å². The number of likely N-dealkylation sites (tertiary alicyclic amines) is 1. The van der Waals surface area contributed by atoms with E-state index in [0.29, 0.717) is 19.6 Å². The molecule has 2 atom stereocenters. The Bertz CT molecular complexity index is 1470. The Morgan fingerprint density at radius 2 is 1.68 bits per heavy atom. The number of ether oxygens (including phenoxy) is 2. The van der Waals surface area contributed by atoms with Gasteiger partial charge in [0.25, 0.3) is 0 Å². The van der Waals surface area contributed by atoms with Gasteiger partial charge in [-0.1, -0.05) is 49.7 Å². The zero-order valence-corrected chi connectivity index (χ0v) is 27.2. The molecule has 1 N–H and O–H groups in total. The van der Waals surface area contributed by atoms with Crippen LogP contribution in [0, 0.1) is 13.8 Å². The molecule has 0 aromatic heterocycles. The number of hydrogen-bond acceptors (Lipinski definition) is 5. The van der Waals surface area contributed by atoms with E-state index < -0.39 is 0 Å². The number of anilines is 2. The van der Waals surface area contributed by atoms with Gasteiger partial charge in [0.1, 0.15) is 0 Å². The van der Waals surface area contributed by atoms with Crippen molar-refractivity contribution in [1.29, 1.82) is 0 Å². The fourth-order valence-electron chi connectivity index (χ4n) is 6.97. The Labute approximate surface area is 262 Å². The Hall–Kier alpha value is -3.84. The molecule has 234 valence electrons. The number of carbonyl (C=O) groups is 2. The molecule has 3 aromatic carbocycles. The number of benzene rings is 3. The molecule has 2 heterocycles. The summed E-state index contributed by atoms with van der Waals surface area (Å²) in [6.07, 6.45) is 4.11. The molecule has 44 heavy (non-hydrogen) atoms. The van der Waals surface area contributed by atoms with Crippen molar-refractivity contribution in [3.63, 3.8) is 0 Å². The Balaban J connectivity index is 1.43. The highest BCUT2D eigenvalue weighted by Crippen LogP contribution is 2.44. The molecule has 0 bridgehead atoms. The minimum absolute atomic E-state index is 0.00337. The molecule has 1 unspecified atom stereocenters. The number of aryl methyl sites for hydroxylation is 4. The third kappa shape index (κ3) is 6.63. The second kappa shape index (κ2) is 13.9. The summed E-state index contributed by atoms with van der Waals surface area (Å²) in [7, 11) is 1.68. The van der Waals surface area contributed by atoms with E-state index in [1.165, 1.54) is 22.3 Å². The van der Waals surface area contributed by atoms with Gasteiger partial charge in [0, 0.05) is 36.9 Å². The van der Waals surface area contributed by atoms with Crippen molar-refractivity contribution in [2.45, 2.75) is 78.7 Å². The number of nitrogens with one attached hydrogen (secondary N) is 1. The largest absolute Gasteiger partial charge is 0.493 e. The summed E-state index contributed by atoms with van der Waals surface area (Å²) in [6, 6.07) is 17.1. The summed E-state index contributed by atoms with van der Waals surface area (Å²) >= 11 is 0. The van der Waals surface area contributed by atoms with Crippen LogP contribution in [-0.2, 0) is 22.4 Å². The standard InChI is InChI=1S/C37H47N3O4/c1-7-26-17-24(4)18-27(8-2)36(26)38-34(41)23-39-22-30(29-19-25(5)37(44-9-3)33(21-29)43-6)20-32(39)28-12-14-31(15-13-28)40-16-10-11-35(40)42/h12-15,17-19,21,30,32H,7-11,16,20,22-23H2,1-6H3,(H,38,41)/t30-,32?/m1/s1. The van der Waals surface area contributed by atoms with Gasteiger partial charge in [-0.05, 0) is 98.4 Å². The molecule has 0 saturated carbocycles. The lowest BCUT2D eigenvalue weighted by molar-refractivity contribution is -0.118. The predicted octanol–water partition coefficient (Wildman–Crippen LogP) is 7.13. The first-order valence-corrected chi connectivity index (χ1v) is 16.1. The Morgan fingerprint density at radius 1 is 0.977 bits per heavy atom. The third-order valence-electron chi connectivity index (χ3n) is 9.13. The first-order valence-electron chi connectivity index (χ1n) is 16.1. The van der Waals surface area contributed by atoms with Crippen LogP contribution >= 0.6 is 0 Å². The average molecular weight is 598 g/mol. The van der Waals surface area contributed by atoms with E-state index >= 15 is 0 Å². The molecule has 7 nitrogen and oxygen atoms in total. The smallest absolute Gasteiger partial charge is 0.238 e. The average Bonchev–Trinajstić information content (AvgIpc) is 3.64. The lowest BCUT2D eigenvalue weighted by Crippen LogP contribution is -2.33. The normalized spacial score (nSPS) is 18.6. The minimum atomic E-state index is 0.00337. The Morgan fingerprint density at radius 3 is 2.27 bits per heavy atom. The molecule has 0 radical (unpaired) electrons. The summed E-state index contributed by atoms with van der Waals surface area (Å²) in [5.41, 5.74) is 8.88. The van der Waals surface area contributed by atoms with Crippen LogP contribution in [0.1, 0.15) is 85.4 Å². The van der Waals surface area contributed by atoms with E-state index in [2.05, 4.69) is 86.4 Å². The Kier molecular flexibility index (Phi) is 9.94. The molecule has 5 rings (SSSR count). The molecule has 2 fully saturated rings. The minimum Gasteiger partial charge on any atom is -0.493 e. The molecule has 0 aliphatic carbocycles. The van der Waals surface area contributed by atoms with Crippen molar-refractivity contribution in [2.75, 3.05) is 43.6 Å². The van der Waals surface area contributed by atoms with Gasteiger partial charge in [-0.3, -0.25) is 14.5 Å². The highest BCUT2D eigenvalue weighted by molar-refractivity contribution is 5.95. The monoisotopic (exact) mass is 597 g/mol. The number of hydrogen-bond donors (Lipinski definition) is 1. The highest BCUT2D eigenvalue weighted by atomic mass is 16.5. The van der Waals surface area contributed by atoms with E-state index in [-0.39, 0.29) is 23.8 Å². The van der Waals surface area contributed by atoms with Crippen molar-refractivity contribution in [2.24, 2.45) is 0 Å². The van der Waals surface area contributed by atoms with E-state index in [0.717, 1.165) is 72.8 Å². The molecular weight excluding hydrogens is 550 g/mol. The van der Waals surface area contributed by atoms with E-state index in [4.69, 9.17) is 9.47 Å². The van der Waals surface area contributed by atoms with Crippen molar-refractivity contribution in [1.82, 2.24) is 4.90 Å². The van der Waals surface area contributed by atoms with Gasteiger partial charge in [0.15, 0.2) is 11.5 Å². The number of rotatable bonds is 11. The van der Waals surface area contributed by atoms with Gasteiger partial charge in [-0.25, -0.2) is 0 Å². The van der Waals surface area contributed by atoms with Crippen LogP contribution in [-0.4, -0.2) is 50.1 Å². The second-order valence-electron chi connectivity index (χ2n) is 12.1. The molecule has 2 amide bonds. The summed E-state index contributed by atoms with van der Waals surface area (Å²) in [5.74, 6) is 1.93. The quantitative estimate of drug-likeness (QED) is 0.255. The summed E-state index contributed by atoms with van der Waals surface area (Å²) in [4.78, 5) is 30.2. The van der Waals surface area contributed by atoms with Gasteiger partial charge in [0.05, 0.1) is 20.3 Å². The maximum Gasteiger partial charge on any atom is 0.238 e. The van der Waals surface area contributed by atoms with Gasteiger partial charge < -0.3 is 19.7 Å². The third-order valence-corrected chi connectivity index (χ3v) is 9.13. The molecular formula is C37H47N3O4. The van der Waals surface area contributed by atoms with Gasteiger partial charge >= 0.3 is 0 Å². The molecule has 2 saturated heterocycles. The zero-order chi connectivity index (χ0) is 31.4. The predicted molar refractivity (Wildman–Crippen MR) is 177 cm³/mol. The molecule has 0 spiro atoms. The van der Waals surface area contributed by atoms with Gasteiger partial charge in [-0.15, -0.1) is 0 Å². The molecule has 3 aromatic rings. The van der Waals surface area contributed by atoms with E-state index in [1.54, 1.807) is 7.11 Å². The van der Waals surface area contributed by atoms with Crippen molar-refractivity contribution in [3.05, 3.63) is 81.9 Å². The highest BCUT2D eigenvalue weighted by Gasteiger charge is 2.36. The van der Waals surface area contributed by atoms with Crippen LogP contribution in [0.5, 0.6) is 11.5 Å². The van der Waals surface area contributed by atoms with Crippen LogP contribution < -0.4 is 19.7 Å². The van der Waals surface area contributed by atoms with Crippen molar-refractivity contribution in [3.8, 4) is 11.5 Å². The number of nitrogens with zero attached hydrogens (tertiary/aromatic N) is 2. The van der Waals surface area contributed by atoms with Crippen LogP contribution in [0.2, 0.25) is 0 Å². The summed E-state index contributed by atoms with van der Waals surface area (Å²) in [5, 5.41) is 3.30. The first kappa shape index (κ1) is 31.6. The molecule has 2 aliphatic rings. The number of amides is 2. The summed E-state index contributed by atoms with van der Waals surface area (Å²) < 4.78 is 11.6. The zero-order valence-electron chi connectivity index (χ0n) is 27.2. The summed E-state index contributed by atoms with van der Waals surface area (Å²) in [6.45, 7) is 12.8. The van der Waals surface area contributed by atoms with E-state index in [9.17, 15) is 9.59 Å². The number of methoxy groups -OCH3 is 1. The molecule has 2 aliphatic heterocycles. The van der Waals surface area contributed by atoms with Crippen molar-refractivity contribution < 1.29 is 19.1 Å². The van der Waals surface area contributed by atoms with E-state index in [1.807, 2.05) is 11.8 Å². The maximum absolute atomic E-state index is 13.7. The van der Waals surface area contributed by atoms with Crippen LogP contribution in [0.4, 0.5) is 11.4 Å². The second-order valence-corrected chi connectivity index (χ2v) is 12.1. The first-order chi connectivity index (χ1) is 21.3. The van der Waals surface area contributed by atoms with Gasteiger partial charge in [-0.2, -0.15) is 0 Å². The topological polar surface area (TPSA) is 71.1 Å². The number of carbonyl (C=O) groups excluding carboxylic acids is 2. The van der Waals surface area contributed by atoms with Gasteiger partial charge in [0.2, 0.25) is 11.8 Å². The fourth-order valence-corrected chi connectivity index (χ4v) is 6.97.